The maximum absolute atomic E-state index is 10.5. The van der Waals surface area contributed by atoms with Crippen LogP contribution in [0.4, 0.5) is 0 Å². The highest BCUT2D eigenvalue weighted by molar-refractivity contribution is 5.38. The number of benzene rings is 1. The molecular formula is C28H39NO5. The van der Waals surface area contributed by atoms with Crippen molar-refractivity contribution in [2.45, 2.75) is 101 Å². The fourth-order valence-corrected chi connectivity index (χ4v) is 8.33. The SMILES string of the molecule is Oc1ccc(C2CCC3(CC2)OOC2(OO3)C3CC4CC(C3)CC2C4)cc1CN1CCCCC1. The third-order valence-corrected chi connectivity index (χ3v) is 10.1. The van der Waals surface area contributed by atoms with Gasteiger partial charge in [-0.15, -0.1) is 0 Å². The predicted octanol–water partition coefficient (Wildman–Crippen LogP) is 5.79. The smallest absolute Gasteiger partial charge is 0.239 e. The molecule has 0 aromatic heterocycles. The topological polar surface area (TPSA) is 60.4 Å². The monoisotopic (exact) mass is 469 g/mol. The number of hydrogen-bond donors (Lipinski definition) is 1. The Balaban J connectivity index is 0.991. The van der Waals surface area contributed by atoms with Crippen LogP contribution in [0.15, 0.2) is 18.2 Å². The lowest BCUT2D eigenvalue weighted by Gasteiger charge is -2.60. The van der Waals surface area contributed by atoms with E-state index in [9.17, 15) is 5.11 Å². The Hall–Kier alpha value is -1.18. The summed E-state index contributed by atoms with van der Waals surface area (Å²) in [5, 5.41) is 10.5. The number of rotatable bonds is 3. The molecule has 4 bridgehead atoms. The number of piperidine rings is 1. The van der Waals surface area contributed by atoms with Gasteiger partial charge in [-0.1, -0.05) is 18.6 Å². The summed E-state index contributed by atoms with van der Waals surface area (Å²) in [6.45, 7) is 3.11. The van der Waals surface area contributed by atoms with Crippen LogP contribution in [-0.2, 0) is 26.1 Å². The highest BCUT2D eigenvalue weighted by Crippen LogP contribution is 2.62. The number of aromatic hydroxyl groups is 1. The molecule has 1 aromatic carbocycles. The zero-order valence-corrected chi connectivity index (χ0v) is 20.3. The largest absolute Gasteiger partial charge is 0.508 e. The Morgan fingerprint density at radius 2 is 1.47 bits per heavy atom. The fourth-order valence-electron chi connectivity index (χ4n) is 8.33. The van der Waals surface area contributed by atoms with Crippen molar-refractivity contribution in [2.75, 3.05) is 13.1 Å². The van der Waals surface area contributed by atoms with Crippen LogP contribution in [0.3, 0.4) is 0 Å². The molecule has 0 atom stereocenters. The highest BCUT2D eigenvalue weighted by Gasteiger charge is 2.64. The van der Waals surface area contributed by atoms with E-state index in [4.69, 9.17) is 19.6 Å². The fraction of sp³-hybridized carbons (Fsp3) is 0.786. The minimum Gasteiger partial charge on any atom is -0.508 e. The molecule has 2 aliphatic heterocycles. The summed E-state index contributed by atoms with van der Waals surface area (Å²) in [4.78, 5) is 27.1. The molecule has 1 N–H and O–H groups in total. The standard InChI is InChI=1S/C28H39NO5/c30-26-5-4-22(17-23(26)18-29-10-2-1-3-11-29)21-6-8-27(9-7-21)31-33-28(34-32-27)24-13-19-12-20(15-24)16-25(28)14-19/h4-5,17,19-21,24-25,30H,1-3,6-16,18H2. The lowest BCUT2D eigenvalue weighted by molar-refractivity contribution is -0.680. The molecule has 5 aliphatic carbocycles. The normalized spacial score (nSPS) is 44.2. The minimum atomic E-state index is -0.774. The molecule has 7 aliphatic rings. The maximum Gasteiger partial charge on any atom is 0.239 e. The van der Waals surface area contributed by atoms with Crippen molar-refractivity contribution in [3.05, 3.63) is 29.3 Å². The quantitative estimate of drug-likeness (QED) is 0.565. The molecule has 6 heteroatoms. The van der Waals surface area contributed by atoms with Crippen molar-refractivity contribution in [2.24, 2.45) is 23.7 Å². The van der Waals surface area contributed by atoms with Crippen LogP contribution in [0.5, 0.6) is 5.75 Å². The summed E-state index contributed by atoms with van der Waals surface area (Å²) in [7, 11) is 0. The molecule has 8 rings (SSSR count). The van der Waals surface area contributed by atoms with E-state index >= 15 is 0 Å². The third kappa shape index (κ3) is 3.72. The maximum atomic E-state index is 10.5. The number of nitrogens with zero attached hydrogens (tertiary/aromatic N) is 1. The molecule has 0 radical (unpaired) electrons. The van der Waals surface area contributed by atoms with E-state index in [1.807, 2.05) is 6.07 Å². The van der Waals surface area contributed by atoms with Crippen LogP contribution in [0.25, 0.3) is 0 Å². The van der Waals surface area contributed by atoms with Crippen LogP contribution < -0.4 is 0 Å². The van der Waals surface area contributed by atoms with Gasteiger partial charge in [-0.05, 0) is 100 Å². The molecule has 7 fully saturated rings. The Labute approximate surface area is 202 Å². The van der Waals surface area contributed by atoms with Gasteiger partial charge in [-0.25, -0.2) is 0 Å². The van der Waals surface area contributed by atoms with Gasteiger partial charge in [-0.3, -0.25) is 4.90 Å². The van der Waals surface area contributed by atoms with Gasteiger partial charge in [0, 0.05) is 36.8 Å². The van der Waals surface area contributed by atoms with Crippen molar-refractivity contribution in [1.29, 1.82) is 0 Å². The first-order valence-electron chi connectivity index (χ1n) is 13.9. The van der Waals surface area contributed by atoms with E-state index < -0.39 is 11.6 Å². The zero-order valence-electron chi connectivity index (χ0n) is 20.3. The summed E-state index contributed by atoms with van der Waals surface area (Å²) in [5.74, 6) is 1.92. The number of likely N-dealkylation sites (tertiary alicyclic amines) is 1. The number of phenols is 1. The van der Waals surface area contributed by atoms with Gasteiger partial charge >= 0.3 is 0 Å². The van der Waals surface area contributed by atoms with Gasteiger partial charge in [0.2, 0.25) is 11.6 Å². The second-order valence-electron chi connectivity index (χ2n) is 12.3. The second kappa shape index (κ2) is 8.45. The Kier molecular flexibility index (Phi) is 5.48. The van der Waals surface area contributed by atoms with Gasteiger partial charge < -0.3 is 5.11 Å². The van der Waals surface area contributed by atoms with Gasteiger partial charge in [-0.2, -0.15) is 19.6 Å². The zero-order chi connectivity index (χ0) is 22.8. The van der Waals surface area contributed by atoms with Crippen LogP contribution in [0.2, 0.25) is 0 Å². The van der Waals surface area contributed by atoms with Crippen LogP contribution >= 0.6 is 0 Å². The van der Waals surface area contributed by atoms with Crippen LogP contribution in [0.1, 0.15) is 94.1 Å². The molecule has 6 nitrogen and oxygen atoms in total. The van der Waals surface area contributed by atoms with Crippen LogP contribution in [-0.4, -0.2) is 34.7 Å². The summed E-state index contributed by atoms with van der Waals surface area (Å²) < 4.78 is 0. The summed E-state index contributed by atoms with van der Waals surface area (Å²) in [6.07, 6.45) is 13.5. The molecule has 2 spiro atoms. The second-order valence-corrected chi connectivity index (χ2v) is 12.3. The first kappa shape index (κ1) is 22.1. The minimum absolute atomic E-state index is 0.410. The number of hydrogen-bond acceptors (Lipinski definition) is 6. The average Bonchev–Trinajstić information content (AvgIpc) is 2.86. The number of phenolic OH excluding ortho intramolecular Hbond substituents is 1. The van der Waals surface area contributed by atoms with Gasteiger partial charge in [0.15, 0.2) is 0 Å². The average molecular weight is 470 g/mol. The van der Waals surface area contributed by atoms with E-state index in [1.165, 1.54) is 56.9 Å². The molecule has 2 heterocycles. The molecule has 0 unspecified atom stereocenters. The summed E-state index contributed by atoms with van der Waals surface area (Å²) in [6, 6.07) is 6.21. The van der Waals surface area contributed by atoms with Gasteiger partial charge in [0.1, 0.15) is 5.75 Å². The lowest BCUT2D eigenvalue weighted by atomic mass is 9.53. The van der Waals surface area contributed by atoms with E-state index in [0.717, 1.165) is 62.7 Å². The highest BCUT2D eigenvalue weighted by atomic mass is 17.4. The van der Waals surface area contributed by atoms with Crippen molar-refractivity contribution >= 4 is 0 Å². The van der Waals surface area contributed by atoms with E-state index in [1.54, 1.807) is 0 Å². The van der Waals surface area contributed by atoms with Crippen molar-refractivity contribution in [1.82, 2.24) is 4.90 Å². The molecule has 1 aromatic rings. The molecule has 0 amide bonds. The summed E-state index contributed by atoms with van der Waals surface area (Å²) in [5.41, 5.74) is 2.37. The molecule has 2 saturated heterocycles. The van der Waals surface area contributed by atoms with Gasteiger partial charge in [0.05, 0.1) is 0 Å². The van der Waals surface area contributed by atoms with Gasteiger partial charge in [0.25, 0.3) is 0 Å². The van der Waals surface area contributed by atoms with E-state index in [0.29, 0.717) is 23.5 Å². The van der Waals surface area contributed by atoms with Crippen molar-refractivity contribution < 1.29 is 24.7 Å². The van der Waals surface area contributed by atoms with Crippen LogP contribution in [0, 0.1) is 23.7 Å². The molecule has 5 saturated carbocycles. The lowest BCUT2D eigenvalue weighted by Crippen LogP contribution is -2.64. The third-order valence-electron chi connectivity index (χ3n) is 10.1. The predicted molar refractivity (Wildman–Crippen MR) is 125 cm³/mol. The van der Waals surface area contributed by atoms with E-state index in [2.05, 4.69) is 17.0 Å². The van der Waals surface area contributed by atoms with Crippen molar-refractivity contribution in [3.63, 3.8) is 0 Å². The Bertz CT molecular complexity index is 864. The van der Waals surface area contributed by atoms with Crippen molar-refractivity contribution in [3.8, 4) is 5.75 Å². The molecular weight excluding hydrogens is 430 g/mol. The Morgan fingerprint density at radius 3 is 2.12 bits per heavy atom. The molecule has 186 valence electrons. The first-order valence-corrected chi connectivity index (χ1v) is 13.9. The Morgan fingerprint density at radius 1 is 0.824 bits per heavy atom. The molecule has 34 heavy (non-hydrogen) atoms. The first-order chi connectivity index (χ1) is 16.6. The van der Waals surface area contributed by atoms with E-state index in [-0.39, 0.29) is 0 Å². The summed E-state index contributed by atoms with van der Waals surface area (Å²) >= 11 is 0.